The molecule has 3 amide bonds. The van der Waals surface area contributed by atoms with Crippen LogP contribution in [0.1, 0.15) is 11.6 Å². The fourth-order valence-electron chi connectivity index (χ4n) is 3.42. The van der Waals surface area contributed by atoms with Gasteiger partial charge in [-0.05, 0) is 29.8 Å². The van der Waals surface area contributed by atoms with Gasteiger partial charge in [0, 0.05) is 17.8 Å². The minimum absolute atomic E-state index is 0.0476. The second kappa shape index (κ2) is 7.60. The Hall–Kier alpha value is -3.32. The quantitative estimate of drug-likeness (QED) is 0.784. The number of likely N-dealkylation sites (N-methyl/N-ethyl adjacent to an activating group) is 1. The predicted molar refractivity (Wildman–Crippen MR) is 107 cm³/mol. The number of cyclic esters (lactones) is 1. The van der Waals surface area contributed by atoms with Crippen molar-refractivity contribution in [2.24, 2.45) is 0 Å². The number of anilines is 1. The Labute approximate surface area is 172 Å². The maximum absolute atomic E-state index is 12.8. The highest BCUT2D eigenvalue weighted by Crippen LogP contribution is 2.35. The van der Waals surface area contributed by atoms with Gasteiger partial charge < -0.3 is 15.0 Å². The first kappa shape index (κ1) is 19.0. The van der Waals surface area contributed by atoms with Gasteiger partial charge in [0.1, 0.15) is 13.2 Å². The van der Waals surface area contributed by atoms with Crippen LogP contribution < -0.4 is 10.2 Å². The molecule has 0 radical (unpaired) electrons. The number of benzene rings is 2. The number of ether oxygens (including phenoxy) is 1. The number of esters is 1. The molecule has 0 bridgehead atoms. The molecule has 0 unspecified atom stereocenters. The van der Waals surface area contributed by atoms with E-state index < -0.39 is 18.0 Å². The van der Waals surface area contributed by atoms with E-state index in [-0.39, 0.29) is 19.1 Å². The molecule has 0 fully saturated rings. The number of hydrogen-bond acceptors (Lipinski definition) is 4. The third-order valence-electron chi connectivity index (χ3n) is 5.01. The van der Waals surface area contributed by atoms with Crippen molar-refractivity contribution in [3.63, 3.8) is 0 Å². The molecule has 148 valence electrons. The van der Waals surface area contributed by atoms with Gasteiger partial charge in [0.15, 0.2) is 0 Å². The SMILES string of the molecule is CN(C(=O)CN1C(=O)N[C@@H](c2ccc(Cl)cc2)C2=C1COC2=O)c1ccccc1. The van der Waals surface area contributed by atoms with Gasteiger partial charge in [-0.2, -0.15) is 0 Å². The lowest BCUT2D eigenvalue weighted by Gasteiger charge is -2.33. The summed E-state index contributed by atoms with van der Waals surface area (Å²) in [4.78, 5) is 40.7. The third kappa shape index (κ3) is 3.56. The molecule has 4 rings (SSSR count). The van der Waals surface area contributed by atoms with E-state index in [1.807, 2.05) is 18.2 Å². The van der Waals surface area contributed by atoms with E-state index in [0.29, 0.717) is 27.5 Å². The smallest absolute Gasteiger partial charge is 0.338 e. The highest BCUT2D eigenvalue weighted by molar-refractivity contribution is 6.30. The number of rotatable bonds is 4. The summed E-state index contributed by atoms with van der Waals surface area (Å²) in [6.07, 6.45) is 0. The minimum atomic E-state index is -0.650. The van der Waals surface area contributed by atoms with Crippen LogP contribution in [0.5, 0.6) is 0 Å². The van der Waals surface area contributed by atoms with Crippen molar-refractivity contribution < 1.29 is 19.1 Å². The Morgan fingerprint density at radius 3 is 2.55 bits per heavy atom. The van der Waals surface area contributed by atoms with Crippen molar-refractivity contribution in [2.75, 3.05) is 25.1 Å². The molecule has 2 aromatic rings. The van der Waals surface area contributed by atoms with Crippen molar-refractivity contribution >= 4 is 35.2 Å². The molecule has 0 aromatic heterocycles. The van der Waals surface area contributed by atoms with E-state index in [9.17, 15) is 14.4 Å². The first-order valence-corrected chi connectivity index (χ1v) is 9.39. The van der Waals surface area contributed by atoms with E-state index in [1.54, 1.807) is 43.4 Å². The third-order valence-corrected chi connectivity index (χ3v) is 5.26. The number of urea groups is 1. The van der Waals surface area contributed by atoms with Crippen molar-refractivity contribution in [3.05, 3.63) is 76.5 Å². The van der Waals surface area contributed by atoms with E-state index >= 15 is 0 Å². The molecule has 1 N–H and O–H groups in total. The molecule has 7 nitrogen and oxygen atoms in total. The molecule has 1 atom stereocenters. The zero-order valence-corrected chi connectivity index (χ0v) is 16.3. The maximum Gasteiger partial charge on any atom is 0.338 e. The van der Waals surface area contributed by atoms with Crippen molar-refractivity contribution in [1.29, 1.82) is 0 Å². The molecule has 2 heterocycles. The lowest BCUT2D eigenvalue weighted by atomic mass is 9.96. The van der Waals surface area contributed by atoms with Gasteiger partial charge in [-0.25, -0.2) is 9.59 Å². The van der Waals surface area contributed by atoms with Crippen LogP contribution in [0.25, 0.3) is 0 Å². The number of carbonyl (C=O) groups excluding carboxylic acids is 3. The molecular weight excluding hydrogens is 394 g/mol. The number of carbonyl (C=O) groups is 3. The molecule has 0 aliphatic carbocycles. The van der Waals surface area contributed by atoms with Crippen molar-refractivity contribution in [3.8, 4) is 0 Å². The first-order chi connectivity index (χ1) is 14.0. The summed E-state index contributed by atoms with van der Waals surface area (Å²) < 4.78 is 5.18. The van der Waals surface area contributed by atoms with Gasteiger partial charge in [-0.3, -0.25) is 9.69 Å². The minimum Gasteiger partial charge on any atom is -0.456 e. The van der Waals surface area contributed by atoms with Crippen LogP contribution in [-0.2, 0) is 14.3 Å². The summed E-state index contributed by atoms with van der Waals surface area (Å²) in [7, 11) is 1.64. The molecule has 8 heteroatoms. The lowest BCUT2D eigenvalue weighted by molar-refractivity contribution is -0.136. The van der Waals surface area contributed by atoms with Gasteiger partial charge in [0.05, 0.1) is 17.3 Å². The van der Waals surface area contributed by atoms with Crippen LogP contribution in [-0.4, -0.2) is 43.0 Å². The Morgan fingerprint density at radius 2 is 1.86 bits per heavy atom. The Bertz CT molecular complexity index is 1000. The molecule has 0 saturated heterocycles. The second-order valence-corrected chi connectivity index (χ2v) is 7.18. The van der Waals surface area contributed by atoms with E-state index in [4.69, 9.17) is 16.3 Å². The van der Waals surface area contributed by atoms with Gasteiger partial charge in [0.2, 0.25) is 5.91 Å². The van der Waals surface area contributed by atoms with Gasteiger partial charge in [-0.1, -0.05) is 41.9 Å². The highest BCUT2D eigenvalue weighted by Gasteiger charge is 2.42. The van der Waals surface area contributed by atoms with Crippen LogP contribution in [0.3, 0.4) is 0 Å². The number of nitrogens with zero attached hydrogens (tertiary/aromatic N) is 2. The largest absolute Gasteiger partial charge is 0.456 e. The number of para-hydroxylation sites is 1. The van der Waals surface area contributed by atoms with Crippen LogP contribution >= 0.6 is 11.6 Å². The van der Waals surface area contributed by atoms with Crippen LogP contribution in [0.4, 0.5) is 10.5 Å². The summed E-state index contributed by atoms with van der Waals surface area (Å²) >= 11 is 5.94. The average molecular weight is 412 g/mol. The molecule has 2 aliphatic rings. The zero-order chi connectivity index (χ0) is 20.5. The van der Waals surface area contributed by atoms with Crippen LogP contribution in [0.15, 0.2) is 65.9 Å². The van der Waals surface area contributed by atoms with Crippen LogP contribution in [0, 0.1) is 0 Å². The normalized spacial score (nSPS) is 18.3. The van der Waals surface area contributed by atoms with E-state index in [1.165, 1.54) is 9.80 Å². The zero-order valence-electron chi connectivity index (χ0n) is 15.6. The van der Waals surface area contributed by atoms with Gasteiger partial charge in [-0.15, -0.1) is 0 Å². The van der Waals surface area contributed by atoms with Crippen molar-refractivity contribution in [1.82, 2.24) is 10.2 Å². The fraction of sp³-hybridized carbons (Fsp3) is 0.190. The summed E-state index contributed by atoms with van der Waals surface area (Å²) in [5.74, 6) is -0.795. The first-order valence-electron chi connectivity index (χ1n) is 9.01. The van der Waals surface area contributed by atoms with Crippen molar-refractivity contribution in [2.45, 2.75) is 6.04 Å². The Kier molecular flexibility index (Phi) is 4.98. The van der Waals surface area contributed by atoms with Gasteiger partial charge >= 0.3 is 12.0 Å². The highest BCUT2D eigenvalue weighted by atomic mass is 35.5. The summed E-state index contributed by atoms with van der Waals surface area (Å²) in [5, 5.41) is 3.35. The Balaban J connectivity index is 1.62. The summed E-state index contributed by atoms with van der Waals surface area (Å²) in [6, 6.07) is 14.9. The molecule has 2 aromatic carbocycles. The lowest BCUT2D eigenvalue weighted by Crippen LogP contribution is -2.50. The number of hydrogen-bond donors (Lipinski definition) is 1. The maximum atomic E-state index is 12.8. The predicted octanol–water partition coefficient (Wildman–Crippen LogP) is 2.88. The molecule has 0 saturated carbocycles. The number of nitrogens with one attached hydrogen (secondary N) is 1. The van der Waals surface area contributed by atoms with Gasteiger partial charge in [0.25, 0.3) is 0 Å². The van der Waals surface area contributed by atoms with E-state index in [0.717, 1.165) is 0 Å². The summed E-state index contributed by atoms with van der Waals surface area (Å²) in [5.41, 5.74) is 2.17. The average Bonchev–Trinajstić information content (AvgIpc) is 3.12. The molecular formula is C21H18ClN3O4. The fourth-order valence-corrected chi connectivity index (χ4v) is 3.55. The summed E-state index contributed by atoms with van der Waals surface area (Å²) in [6.45, 7) is -0.256. The molecule has 0 spiro atoms. The van der Waals surface area contributed by atoms with Crippen LogP contribution in [0.2, 0.25) is 5.02 Å². The number of halogens is 1. The topological polar surface area (TPSA) is 79.0 Å². The Morgan fingerprint density at radius 1 is 1.17 bits per heavy atom. The number of amides is 3. The second-order valence-electron chi connectivity index (χ2n) is 6.75. The standard InChI is InChI=1S/C21H18ClN3O4/c1-24(15-5-3-2-4-6-15)17(26)11-25-16-12-29-20(27)18(16)19(23-21(25)28)13-7-9-14(22)10-8-13/h2-10,19H,11-12H2,1H3,(H,23,28)/t19-/m0/s1. The van der Waals surface area contributed by atoms with E-state index in [2.05, 4.69) is 5.32 Å². The monoisotopic (exact) mass is 411 g/mol. The molecule has 2 aliphatic heterocycles. The molecule has 29 heavy (non-hydrogen) atoms.